The molecule has 0 amide bonds. The van der Waals surface area contributed by atoms with Gasteiger partial charge in [-0.3, -0.25) is 4.79 Å². The van der Waals surface area contributed by atoms with Gasteiger partial charge < -0.3 is 14.9 Å². The molecule has 0 saturated carbocycles. The van der Waals surface area contributed by atoms with Gasteiger partial charge in [-0.1, -0.05) is 11.6 Å². The highest BCUT2D eigenvalue weighted by atomic mass is 35.5. The largest absolute Gasteiger partial charge is 0.469 e. The molecule has 2 N–H and O–H groups in total. The highest BCUT2D eigenvalue weighted by Gasteiger charge is 2.15. The Bertz CT molecular complexity index is 553. The molecule has 0 aromatic carbocycles. The summed E-state index contributed by atoms with van der Waals surface area (Å²) in [5, 5.41) is 0.614. The molecule has 90 valence electrons. The first-order chi connectivity index (χ1) is 8.10. The van der Waals surface area contributed by atoms with E-state index in [0.717, 1.165) is 5.65 Å². The molecule has 17 heavy (non-hydrogen) atoms. The smallest absolute Gasteiger partial charge is 0.307 e. The Labute approximate surface area is 103 Å². The van der Waals surface area contributed by atoms with Gasteiger partial charge in [0.15, 0.2) is 0 Å². The number of methoxy groups -OCH3 is 1. The Morgan fingerprint density at radius 2 is 2.35 bits per heavy atom. The number of ether oxygens (including phenoxy) is 1. The lowest BCUT2D eigenvalue weighted by Crippen LogP contribution is -2.16. The number of carbonyl (C=O) groups is 1. The van der Waals surface area contributed by atoms with Crippen molar-refractivity contribution < 1.29 is 9.53 Å². The number of nitrogens with zero attached hydrogens (tertiary/aromatic N) is 2. The zero-order valence-corrected chi connectivity index (χ0v) is 10.0. The third-order valence-electron chi connectivity index (χ3n) is 2.43. The monoisotopic (exact) mass is 253 g/mol. The van der Waals surface area contributed by atoms with Crippen LogP contribution in [0.3, 0.4) is 0 Å². The summed E-state index contributed by atoms with van der Waals surface area (Å²) < 4.78 is 6.33. The molecule has 2 rings (SSSR count). The van der Waals surface area contributed by atoms with Gasteiger partial charge in [0.25, 0.3) is 0 Å². The minimum absolute atomic E-state index is 0.105. The van der Waals surface area contributed by atoms with Crippen molar-refractivity contribution in [2.75, 3.05) is 7.11 Å². The Morgan fingerprint density at radius 1 is 1.59 bits per heavy atom. The van der Waals surface area contributed by atoms with Crippen LogP contribution in [0.15, 0.2) is 24.5 Å². The van der Waals surface area contributed by atoms with Crippen LogP contribution in [0.1, 0.15) is 18.2 Å². The van der Waals surface area contributed by atoms with E-state index in [1.54, 1.807) is 28.9 Å². The van der Waals surface area contributed by atoms with Gasteiger partial charge in [-0.25, -0.2) is 4.98 Å². The Kier molecular flexibility index (Phi) is 3.31. The summed E-state index contributed by atoms with van der Waals surface area (Å²) in [5.41, 5.74) is 7.24. The standard InChI is InChI=1S/C11H12ClN3O2/c1-17-11(16)4-8(13)9-6-15-5-7(12)2-3-10(15)14-9/h2-3,5-6,8H,4,13H2,1H3/t8-/m0/s1. The molecule has 0 spiro atoms. The average molecular weight is 254 g/mol. The van der Waals surface area contributed by atoms with E-state index in [-0.39, 0.29) is 12.4 Å². The van der Waals surface area contributed by atoms with Gasteiger partial charge in [0, 0.05) is 12.4 Å². The number of halogens is 1. The fourth-order valence-corrected chi connectivity index (χ4v) is 1.70. The number of rotatable bonds is 3. The summed E-state index contributed by atoms with van der Waals surface area (Å²) in [4.78, 5) is 15.4. The van der Waals surface area contributed by atoms with E-state index in [0.29, 0.717) is 10.7 Å². The lowest BCUT2D eigenvalue weighted by Gasteiger charge is -2.05. The van der Waals surface area contributed by atoms with Crippen molar-refractivity contribution in [3.05, 3.63) is 35.2 Å². The highest BCUT2D eigenvalue weighted by Crippen LogP contribution is 2.17. The van der Waals surface area contributed by atoms with E-state index >= 15 is 0 Å². The van der Waals surface area contributed by atoms with E-state index in [4.69, 9.17) is 17.3 Å². The van der Waals surface area contributed by atoms with Crippen molar-refractivity contribution in [3.63, 3.8) is 0 Å². The van der Waals surface area contributed by atoms with E-state index in [1.165, 1.54) is 7.11 Å². The van der Waals surface area contributed by atoms with E-state index in [9.17, 15) is 4.79 Å². The van der Waals surface area contributed by atoms with E-state index in [1.807, 2.05) is 0 Å². The third-order valence-corrected chi connectivity index (χ3v) is 2.65. The SMILES string of the molecule is COC(=O)C[C@H](N)c1cn2cc(Cl)ccc2n1. The zero-order valence-electron chi connectivity index (χ0n) is 9.26. The van der Waals surface area contributed by atoms with Gasteiger partial charge in [-0.2, -0.15) is 0 Å². The molecule has 1 atom stereocenters. The van der Waals surface area contributed by atoms with E-state index < -0.39 is 6.04 Å². The van der Waals surface area contributed by atoms with Crippen molar-refractivity contribution >= 4 is 23.2 Å². The number of carbonyl (C=O) groups excluding carboxylic acids is 1. The zero-order chi connectivity index (χ0) is 12.4. The first kappa shape index (κ1) is 11.9. The quantitative estimate of drug-likeness (QED) is 0.843. The molecule has 2 heterocycles. The second-order valence-electron chi connectivity index (χ2n) is 3.67. The maximum absolute atomic E-state index is 11.1. The molecule has 0 radical (unpaired) electrons. The van der Waals surface area contributed by atoms with Crippen molar-refractivity contribution in [3.8, 4) is 0 Å². The summed E-state index contributed by atoms with van der Waals surface area (Å²) in [6, 6.07) is 3.07. The molecule has 0 bridgehead atoms. The second-order valence-corrected chi connectivity index (χ2v) is 4.10. The minimum atomic E-state index is -0.471. The lowest BCUT2D eigenvalue weighted by molar-refractivity contribution is -0.141. The van der Waals surface area contributed by atoms with Crippen LogP contribution in [0.25, 0.3) is 5.65 Å². The van der Waals surface area contributed by atoms with Gasteiger partial charge in [0.05, 0.1) is 30.3 Å². The number of esters is 1. The summed E-state index contributed by atoms with van der Waals surface area (Å²) in [7, 11) is 1.33. The van der Waals surface area contributed by atoms with Gasteiger partial charge in [-0.15, -0.1) is 0 Å². The van der Waals surface area contributed by atoms with Crippen molar-refractivity contribution in [1.29, 1.82) is 0 Å². The molecule has 0 unspecified atom stereocenters. The summed E-state index contributed by atoms with van der Waals surface area (Å²) >= 11 is 5.86. The first-order valence-corrected chi connectivity index (χ1v) is 5.44. The molecular weight excluding hydrogens is 242 g/mol. The van der Waals surface area contributed by atoms with Crippen molar-refractivity contribution in [2.24, 2.45) is 5.73 Å². The van der Waals surface area contributed by atoms with Gasteiger partial charge in [-0.05, 0) is 12.1 Å². The number of nitrogens with two attached hydrogens (primary N) is 1. The normalized spacial score (nSPS) is 12.6. The summed E-state index contributed by atoms with van der Waals surface area (Å²) in [5.74, 6) is -0.354. The topological polar surface area (TPSA) is 69.6 Å². The molecule has 0 saturated heterocycles. The van der Waals surface area contributed by atoms with Gasteiger partial charge in [0.2, 0.25) is 0 Å². The fraction of sp³-hybridized carbons (Fsp3) is 0.273. The fourth-order valence-electron chi connectivity index (χ4n) is 1.53. The maximum Gasteiger partial charge on any atom is 0.307 e. The number of hydrogen-bond donors (Lipinski definition) is 1. The van der Waals surface area contributed by atoms with Crippen LogP contribution >= 0.6 is 11.6 Å². The molecule has 0 aliphatic heterocycles. The van der Waals surface area contributed by atoms with Crippen molar-refractivity contribution in [1.82, 2.24) is 9.38 Å². The minimum Gasteiger partial charge on any atom is -0.469 e. The van der Waals surface area contributed by atoms with E-state index in [2.05, 4.69) is 9.72 Å². The summed E-state index contributed by atoms with van der Waals surface area (Å²) in [6.45, 7) is 0. The molecule has 2 aromatic heterocycles. The molecule has 6 heteroatoms. The molecular formula is C11H12ClN3O2. The molecule has 0 aliphatic rings. The lowest BCUT2D eigenvalue weighted by atomic mass is 10.2. The number of imidazole rings is 1. The molecule has 2 aromatic rings. The van der Waals surface area contributed by atoms with Crippen LogP contribution in [0, 0.1) is 0 Å². The predicted molar refractivity (Wildman–Crippen MR) is 63.8 cm³/mol. The second kappa shape index (κ2) is 4.73. The van der Waals surface area contributed by atoms with Crippen LogP contribution in [0.2, 0.25) is 5.02 Å². The Balaban J connectivity index is 2.27. The van der Waals surface area contributed by atoms with Crippen LogP contribution in [-0.2, 0) is 9.53 Å². The van der Waals surface area contributed by atoms with Crippen LogP contribution < -0.4 is 5.73 Å². The maximum atomic E-state index is 11.1. The number of pyridine rings is 1. The van der Waals surface area contributed by atoms with Crippen LogP contribution in [-0.4, -0.2) is 22.5 Å². The van der Waals surface area contributed by atoms with Crippen LogP contribution in [0.5, 0.6) is 0 Å². The number of fused-ring (bicyclic) bond motifs is 1. The van der Waals surface area contributed by atoms with Crippen LogP contribution in [0.4, 0.5) is 0 Å². The first-order valence-electron chi connectivity index (χ1n) is 5.06. The van der Waals surface area contributed by atoms with Gasteiger partial charge >= 0.3 is 5.97 Å². The Hall–Kier alpha value is -1.59. The molecule has 0 fully saturated rings. The third kappa shape index (κ3) is 2.57. The Morgan fingerprint density at radius 3 is 3.06 bits per heavy atom. The molecule has 0 aliphatic carbocycles. The van der Waals surface area contributed by atoms with Gasteiger partial charge in [0.1, 0.15) is 5.65 Å². The number of hydrogen-bond acceptors (Lipinski definition) is 4. The predicted octanol–water partition coefficient (Wildman–Crippen LogP) is 1.55. The average Bonchev–Trinajstić information content (AvgIpc) is 2.71. The highest BCUT2D eigenvalue weighted by molar-refractivity contribution is 6.30. The number of aromatic nitrogens is 2. The summed E-state index contributed by atoms with van der Waals surface area (Å²) in [6.07, 6.45) is 3.60. The van der Waals surface area contributed by atoms with Crippen molar-refractivity contribution in [2.45, 2.75) is 12.5 Å². The molecule has 5 nitrogen and oxygen atoms in total.